The van der Waals surface area contributed by atoms with E-state index in [-0.39, 0.29) is 51.0 Å². The number of H-pyrrole nitrogens is 1. The number of nitrogens with zero attached hydrogens (tertiary/aromatic N) is 1. The van der Waals surface area contributed by atoms with Gasteiger partial charge in [0.25, 0.3) is 0 Å². The lowest BCUT2D eigenvalue weighted by atomic mass is 10.0. The highest BCUT2D eigenvalue weighted by atomic mass is 32.2. The molecule has 3 aromatic rings. The summed E-state index contributed by atoms with van der Waals surface area (Å²) in [6.45, 7) is 1.84. The van der Waals surface area contributed by atoms with Gasteiger partial charge in [0.1, 0.15) is 36.3 Å². The van der Waals surface area contributed by atoms with E-state index in [0.29, 0.717) is 48.4 Å². The molecule has 0 aliphatic heterocycles. The number of rotatable bonds is 30. The molecule has 0 spiro atoms. The number of unbranched alkanes of at least 4 members (excludes halogenated alkanes) is 1. The van der Waals surface area contributed by atoms with E-state index in [9.17, 15) is 38.7 Å². The Morgan fingerprint density at radius 2 is 1.12 bits per heavy atom. The molecule has 1 aromatic heterocycles. The number of para-hydroxylation sites is 1. The van der Waals surface area contributed by atoms with Crippen molar-refractivity contribution in [2.24, 2.45) is 22.2 Å². The van der Waals surface area contributed by atoms with Crippen LogP contribution in [-0.2, 0) is 46.4 Å². The van der Waals surface area contributed by atoms with Gasteiger partial charge >= 0.3 is 5.97 Å². The Balaban J connectivity index is 1.94. The van der Waals surface area contributed by atoms with Crippen LogP contribution in [0.3, 0.4) is 0 Å². The molecule has 0 saturated carbocycles. The first-order chi connectivity index (χ1) is 31.2. The first-order valence-corrected chi connectivity index (χ1v) is 24.3. The number of aromatic amines is 1. The molecular formula is C44H65N11O8S2. The Kier molecular flexibility index (Phi) is 23.8. The average molecular weight is 940 g/mol. The van der Waals surface area contributed by atoms with Crippen LogP contribution in [0, 0.1) is 0 Å². The summed E-state index contributed by atoms with van der Waals surface area (Å²) in [7, 11) is 0. The molecule has 1 heterocycles. The molecule has 356 valence electrons. The van der Waals surface area contributed by atoms with Gasteiger partial charge in [-0.2, -0.15) is 23.5 Å². The number of hydrogen-bond donors (Lipinski definition) is 11. The number of carbonyl (C=O) groups is 7. The molecule has 0 saturated heterocycles. The summed E-state index contributed by atoms with van der Waals surface area (Å²) in [6.07, 6.45) is 7.44. The lowest BCUT2D eigenvalue weighted by Gasteiger charge is -2.27. The molecule has 21 heteroatoms. The van der Waals surface area contributed by atoms with Crippen molar-refractivity contribution in [3.05, 3.63) is 71.9 Å². The zero-order valence-corrected chi connectivity index (χ0v) is 38.9. The minimum absolute atomic E-state index is 0.0150. The molecule has 0 radical (unpaired) electrons. The second kappa shape index (κ2) is 28.9. The summed E-state index contributed by atoms with van der Waals surface area (Å²) >= 11 is 2.87. The molecular weight excluding hydrogens is 875 g/mol. The van der Waals surface area contributed by atoms with E-state index in [2.05, 4.69) is 41.9 Å². The number of aromatic nitrogens is 1. The van der Waals surface area contributed by atoms with Gasteiger partial charge in [-0.1, -0.05) is 48.5 Å². The number of fused-ring (bicyclic) bond motifs is 1. The van der Waals surface area contributed by atoms with Crippen LogP contribution in [0.15, 0.2) is 65.8 Å². The van der Waals surface area contributed by atoms with Crippen molar-refractivity contribution in [1.82, 2.24) is 36.9 Å². The van der Waals surface area contributed by atoms with E-state index >= 15 is 0 Å². The number of amides is 6. The topological polar surface area (TPSA) is 318 Å². The molecule has 0 fully saturated rings. The predicted octanol–water partition coefficient (Wildman–Crippen LogP) is 0.655. The van der Waals surface area contributed by atoms with Gasteiger partial charge in [0, 0.05) is 43.4 Å². The molecule has 0 bridgehead atoms. The largest absolute Gasteiger partial charge is 0.480 e. The number of nitrogens with one attached hydrogen (secondary N) is 7. The van der Waals surface area contributed by atoms with E-state index in [1.165, 1.54) is 30.4 Å². The maximum atomic E-state index is 14.4. The number of guanidine groups is 1. The summed E-state index contributed by atoms with van der Waals surface area (Å²) in [5, 5.41) is 27.0. The summed E-state index contributed by atoms with van der Waals surface area (Å²) in [6, 6.07) is 9.35. The maximum absolute atomic E-state index is 14.4. The van der Waals surface area contributed by atoms with Crippen LogP contribution >= 0.6 is 23.5 Å². The zero-order valence-electron chi connectivity index (χ0n) is 37.2. The van der Waals surface area contributed by atoms with Gasteiger partial charge in [-0.15, -0.1) is 0 Å². The maximum Gasteiger partial charge on any atom is 0.326 e. The lowest BCUT2D eigenvalue weighted by Crippen LogP contribution is -2.60. The van der Waals surface area contributed by atoms with Crippen molar-refractivity contribution in [2.75, 3.05) is 37.1 Å². The third-order valence-electron chi connectivity index (χ3n) is 10.3. The number of nitrogens with two attached hydrogens (primary N) is 3. The number of hydrogen-bond acceptors (Lipinski definition) is 11. The van der Waals surface area contributed by atoms with E-state index in [0.717, 1.165) is 10.9 Å². The SMILES string of the molecule is CSCC[C@H](NC(=O)[C@H](Cc1c[nH]c2ccccc12)NC(=O)[C@H](CCSC)NC(=O)[C@H](Cc1ccccc1)NC(=O)[C@H](CCCN=C(N)N)NC(C)=O)C(=O)N[C@@H](CCCCN)C(=O)O. The monoisotopic (exact) mass is 939 g/mol. The third kappa shape index (κ3) is 19.1. The third-order valence-corrected chi connectivity index (χ3v) is 11.6. The Morgan fingerprint density at radius 3 is 1.66 bits per heavy atom. The van der Waals surface area contributed by atoms with Gasteiger partial charge in [-0.3, -0.25) is 33.8 Å². The number of benzene rings is 2. The molecule has 0 aliphatic rings. The average Bonchev–Trinajstić information content (AvgIpc) is 3.68. The first kappa shape index (κ1) is 53.5. The van der Waals surface area contributed by atoms with E-state index < -0.39 is 77.7 Å². The zero-order chi connectivity index (χ0) is 47.7. The molecule has 3 rings (SSSR count). The minimum Gasteiger partial charge on any atom is -0.480 e. The molecule has 6 amide bonds. The highest BCUT2D eigenvalue weighted by Crippen LogP contribution is 2.20. The number of carboxylic acid groups (broad SMARTS) is 1. The molecule has 2 aromatic carbocycles. The highest BCUT2D eigenvalue weighted by Gasteiger charge is 2.34. The molecule has 65 heavy (non-hydrogen) atoms. The standard InChI is InChI=1S/C44H65N11O8S2/c1-27(56)50-32(17-11-21-48-44(46)47)38(57)54-36(24-28-12-5-4-6-13-28)41(60)51-34(19-23-65-3)40(59)55-37(25-29-26-49-31-15-8-7-14-30(29)31)42(61)52-33(18-22-64-2)39(58)53-35(43(62)63)16-9-10-20-45/h4-8,12-15,26,32-37,49H,9-11,16-25,45H2,1-3H3,(H,50,56)(H,51,60)(H,52,61)(H,53,58)(H,54,57)(H,55,59)(H,62,63)(H4,46,47,48)/t32-,33-,34-,35-,36-,37-/m0/s1. The highest BCUT2D eigenvalue weighted by molar-refractivity contribution is 7.98. The van der Waals surface area contributed by atoms with Crippen LogP contribution in [-0.4, -0.2) is 131 Å². The smallest absolute Gasteiger partial charge is 0.326 e. The molecule has 14 N–H and O–H groups in total. The van der Waals surface area contributed by atoms with Crippen molar-refractivity contribution >= 4 is 81.8 Å². The van der Waals surface area contributed by atoms with E-state index in [1.807, 2.05) is 36.8 Å². The lowest BCUT2D eigenvalue weighted by molar-refractivity contribution is -0.142. The van der Waals surface area contributed by atoms with E-state index in [1.54, 1.807) is 36.5 Å². The normalized spacial score (nSPS) is 13.8. The van der Waals surface area contributed by atoms with Crippen molar-refractivity contribution in [2.45, 2.75) is 101 Å². The van der Waals surface area contributed by atoms with Crippen molar-refractivity contribution in [1.29, 1.82) is 0 Å². The fourth-order valence-corrected chi connectivity index (χ4v) is 7.87. The first-order valence-electron chi connectivity index (χ1n) is 21.5. The Labute approximate surface area is 388 Å². The predicted molar refractivity (Wildman–Crippen MR) is 256 cm³/mol. The van der Waals surface area contributed by atoms with Gasteiger partial charge in [0.15, 0.2) is 5.96 Å². The van der Waals surface area contributed by atoms with Crippen LogP contribution < -0.4 is 49.1 Å². The molecule has 0 aliphatic carbocycles. The summed E-state index contributed by atoms with van der Waals surface area (Å²) in [4.78, 5) is 102. The fourth-order valence-electron chi connectivity index (χ4n) is 6.93. The number of aliphatic carboxylic acids is 1. The van der Waals surface area contributed by atoms with Crippen LogP contribution in [0.5, 0.6) is 0 Å². The quantitative estimate of drug-likeness (QED) is 0.0249. The van der Waals surface area contributed by atoms with Crippen molar-refractivity contribution in [3.63, 3.8) is 0 Å². The van der Waals surface area contributed by atoms with Crippen LogP contribution in [0.4, 0.5) is 0 Å². The van der Waals surface area contributed by atoms with Gasteiger partial charge < -0.3 is 59.2 Å². The van der Waals surface area contributed by atoms with Gasteiger partial charge in [-0.05, 0) is 92.7 Å². The van der Waals surface area contributed by atoms with Crippen LogP contribution in [0.2, 0.25) is 0 Å². The van der Waals surface area contributed by atoms with Crippen LogP contribution in [0.25, 0.3) is 10.9 Å². The van der Waals surface area contributed by atoms with E-state index in [4.69, 9.17) is 17.2 Å². The molecule has 19 nitrogen and oxygen atoms in total. The molecule has 6 atom stereocenters. The number of aliphatic imine (C=N–C) groups is 1. The van der Waals surface area contributed by atoms with Crippen molar-refractivity contribution in [3.8, 4) is 0 Å². The second-order valence-electron chi connectivity index (χ2n) is 15.4. The minimum atomic E-state index is -1.27. The fraction of sp³-hybridized carbons (Fsp3) is 0.500. The summed E-state index contributed by atoms with van der Waals surface area (Å²) < 4.78 is 0. The van der Waals surface area contributed by atoms with Crippen LogP contribution in [0.1, 0.15) is 63.0 Å². The van der Waals surface area contributed by atoms with Gasteiger partial charge in [0.2, 0.25) is 35.4 Å². The Bertz CT molecular complexity index is 2050. The van der Waals surface area contributed by atoms with Gasteiger partial charge in [0.05, 0.1) is 0 Å². The second-order valence-corrected chi connectivity index (χ2v) is 17.4. The molecule has 0 unspecified atom stereocenters. The Morgan fingerprint density at radius 1 is 0.631 bits per heavy atom. The number of carboxylic acids is 1. The Hall–Kier alpha value is -5.80. The number of carbonyl (C=O) groups excluding carboxylic acids is 6. The number of thioether (sulfide) groups is 2. The summed E-state index contributed by atoms with van der Waals surface area (Å²) in [5.41, 5.74) is 18.7. The summed E-state index contributed by atoms with van der Waals surface area (Å²) in [5.74, 6) is -4.30. The van der Waals surface area contributed by atoms with Gasteiger partial charge in [-0.25, -0.2) is 4.79 Å². The van der Waals surface area contributed by atoms with Crippen molar-refractivity contribution < 1.29 is 38.7 Å².